The largest absolute Gasteiger partial charge is 6.00 e. The molecular weight excluding hydrogens is 1050 g/mol. The van der Waals surface area contributed by atoms with Crippen molar-refractivity contribution in [2.45, 2.75) is 0 Å². The summed E-state index contributed by atoms with van der Waals surface area (Å²) in [6.07, 6.45) is 0. The molecule has 0 saturated carbocycles. The summed E-state index contributed by atoms with van der Waals surface area (Å²) in [7, 11) is 0. The van der Waals surface area contributed by atoms with Gasteiger partial charge in [0.2, 0.25) is 0 Å². The van der Waals surface area contributed by atoms with Gasteiger partial charge in [-0.3, -0.25) is 0 Å². The topological polar surface area (TPSA) is 370 Å². The monoisotopic (exact) mass is 1050 g/mol. The van der Waals surface area contributed by atoms with Gasteiger partial charge in [-0.25, -0.2) is 0 Å². The summed E-state index contributed by atoms with van der Waals surface area (Å²) >= 11 is 0. The second kappa shape index (κ2) is 797. The summed E-state index contributed by atoms with van der Waals surface area (Å²) in [5.41, 5.74) is 0. The molecule has 0 bridgehead atoms. The molecule has 0 unspecified atom stereocenters. The van der Waals surface area contributed by atoms with Crippen LogP contribution in [-0.2, 0) is 191 Å². The molecule has 0 atom stereocenters. The summed E-state index contributed by atoms with van der Waals surface area (Å²) in [4.78, 5) is 0. The molecule has 0 aromatic carbocycles. The van der Waals surface area contributed by atoms with Crippen LogP contribution in [0.15, 0.2) is 0 Å². The Morgan fingerprint density at radius 1 is 0.211 bits per heavy atom. The molecule has 0 fully saturated rings. The van der Waals surface area contributed by atoms with Crippen molar-refractivity contribution in [1.82, 2.24) is 0 Å². The van der Waals surface area contributed by atoms with Gasteiger partial charge < -0.3 is 71.2 Å². The zero-order chi connectivity index (χ0) is 0. The van der Waals surface area contributed by atoms with Crippen LogP contribution in [0.3, 0.4) is 0 Å². The maximum absolute atomic E-state index is 0. The van der Waals surface area contributed by atoms with Gasteiger partial charge in [-0.2, -0.15) is 0 Å². The smallest absolute Gasteiger partial charge is 2.00 e. The first-order valence-corrected chi connectivity index (χ1v) is 0. The average molecular weight is 1050 g/mol. The average Bonchev–Trinajstić information content (AvgIpc) is 0. The van der Waals surface area contributed by atoms with Crippen molar-refractivity contribution in [2.75, 3.05) is 0 Å². The third kappa shape index (κ3) is 721. The molecule has 0 aromatic rings. The molecule has 0 rings (SSSR count). The summed E-state index contributed by atoms with van der Waals surface area (Å²) in [6, 6.07) is 0. The molecule has 0 heterocycles. The van der Waals surface area contributed by atoms with Crippen molar-refractivity contribution >= 4 is 0 Å². The van der Waals surface area contributed by atoms with E-state index < -0.39 is 0 Å². The predicted molar refractivity (Wildman–Crippen MR) is 8.92 cm³/mol. The van der Waals surface area contributed by atoms with Gasteiger partial charge in [-0.1, -0.05) is 0 Å². The molecule has 0 aliphatic carbocycles. The van der Waals surface area contributed by atoms with Gasteiger partial charge in [0.15, 0.2) is 0 Å². The van der Waals surface area contributed by atoms with Gasteiger partial charge in [-0.15, -0.1) is 0 Å². The normalized spacial score (nSPS) is 0. The van der Waals surface area contributed by atoms with Crippen LogP contribution in [-0.4, -0.2) is 0 Å². The van der Waals surface area contributed by atoms with Gasteiger partial charge in [0.1, 0.15) is 0 Å². The first-order chi connectivity index (χ1) is 0. The van der Waals surface area contributed by atoms with Gasteiger partial charge in [0.05, 0.1) is 0 Å². The molecule has 0 saturated heterocycles. The fourth-order valence-corrected chi connectivity index (χ4v) is 0. The van der Waals surface area contributed by atoms with E-state index in [2.05, 4.69) is 0 Å². The Morgan fingerprint density at radius 2 is 0.211 bits per heavy atom. The quantitative estimate of drug-likeness (QED) is 0.249. The molecule has 0 N–H and O–H groups in total. The standard InChI is InChI=1S/2Ni.13O.2Ta.2W/q2*+2;13*-2;2*+5;2*+6. The van der Waals surface area contributed by atoms with E-state index in [0.29, 0.717) is 0 Å². The molecule has 19 heteroatoms. The van der Waals surface area contributed by atoms with Gasteiger partial charge in [0, 0.05) is 0 Å². The maximum atomic E-state index is 0. The van der Waals surface area contributed by atoms with E-state index in [1.165, 1.54) is 0 Å². The first-order valence-electron chi connectivity index (χ1n) is 0. The van der Waals surface area contributed by atoms with E-state index in [4.69, 9.17) is 0 Å². The summed E-state index contributed by atoms with van der Waals surface area (Å²) in [5.74, 6) is 0. The van der Waals surface area contributed by atoms with Crippen LogP contribution in [0.4, 0.5) is 0 Å². The van der Waals surface area contributed by atoms with Crippen molar-refractivity contribution in [3.8, 4) is 0 Å². The van der Waals surface area contributed by atoms with Crippen LogP contribution < -0.4 is 0 Å². The second-order valence-corrected chi connectivity index (χ2v) is 0. The molecule has 0 radical (unpaired) electrons. The molecule has 0 aliphatic rings. The number of hydrogen-bond donors (Lipinski definition) is 0. The third-order valence-electron chi connectivity index (χ3n) is 0. The van der Waals surface area contributed by atoms with Crippen LogP contribution in [0.1, 0.15) is 0 Å². The molecule has 120 valence electrons. The van der Waals surface area contributed by atoms with Crippen molar-refractivity contribution in [1.29, 1.82) is 0 Å². The Labute approximate surface area is 189 Å². The maximum Gasteiger partial charge on any atom is 6.00 e. The Kier molecular flexibility index (Phi) is 38500. The Bertz CT molecular complexity index is 26.6. The molecule has 13 nitrogen and oxygen atoms in total. The Hall–Kier alpha value is 3.32. The van der Waals surface area contributed by atoms with E-state index in [1.807, 2.05) is 0 Å². The Balaban J connectivity index is 0. The van der Waals surface area contributed by atoms with Gasteiger partial charge in [-0.05, 0) is 0 Å². The van der Waals surface area contributed by atoms with Gasteiger partial charge >= 0.3 is 120 Å². The van der Waals surface area contributed by atoms with E-state index in [1.54, 1.807) is 0 Å². The first kappa shape index (κ1) is 919. The van der Waals surface area contributed by atoms with E-state index in [-0.39, 0.29) is 191 Å². The minimum absolute atomic E-state index is 0. The number of hydrogen-bond acceptors (Lipinski definition) is 0. The Morgan fingerprint density at radius 3 is 0.211 bits per heavy atom. The number of rotatable bonds is 0. The fraction of sp³-hybridized carbons (Fsp3) is 0. The SMILES string of the molecule is [Ni+2].[Ni+2].[O-2].[O-2].[O-2].[O-2].[O-2].[O-2].[O-2].[O-2].[O-2].[O-2].[O-2].[O-2].[O-2].[Ta+5].[Ta+5].[W+6].[W+6]. The van der Waals surface area contributed by atoms with Gasteiger partial charge in [0.25, 0.3) is 0 Å². The molecule has 0 aliphatic heterocycles. The summed E-state index contributed by atoms with van der Waals surface area (Å²) in [5, 5.41) is 0. The predicted octanol–water partition coefficient (Wildman–Crippen LogP) is -1.56. The van der Waals surface area contributed by atoms with Crippen LogP contribution >= 0.6 is 0 Å². The summed E-state index contributed by atoms with van der Waals surface area (Å²) < 4.78 is 0. The van der Waals surface area contributed by atoms with Crippen LogP contribution in [0.25, 0.3) is 0 Å². The van der Waals surface area contributed by atoms with Crippen LogP contribution in [0.2, 0.25) is 0 Å². The van der Waals surface area contributed by atoms with Crippen molar-refractivity contribution in [3.05, 3.63) is 0 Å². The van der Waals surface area contributed by atoms with E-state index in [0.717, 1.165) is 0 Å². The van der Waals surface area contributed by atoms with Crippen molar-refractivity contribution in [2.24, 2.45) is 0 Å². The molecular formula is Ni2O13Ta2W2. The molecule has 19 heavy (non-hydrogen) atoms. The van der Waals surface area contributed by atoms with Crippen molar-refractivity contribution in [3.63, 3.8) is 0 Å². The minimum atomic E-state index is 0. The fourth-order valence-electron chi connectivity index (χ4n) is 0. The second-order valence-electron chi connectivity index (χ2n) is 0. The summed E-state index contributed by atoms with van der Waals surface area (Å²) in [6.45, 7) is 0. The van der Waals surface area contributed by atoms with Crippen LogP contribution in [0.5, 0.6) is 0 Å². The van der Waals surface area contributed by atoms with Crippen LogP contribution in [0, 0.1) is 0 Å². The van der Waals surface area contributed by atoms with E-state index >= 15 is 0 Å². The van der Waals surface area contributed by atoms with Crippen molar-refractivity contribution < 1.29 is 191 Å². The zero-order valence-electron chi connectivity index (χ0n) is 7.65. The molecule has 0 spiro atoms. The van der Waals surface area contributed by atoms with E-state index in [9.17, 15) is 0 Å². The molecule has 0 aromatic heterocycles. The molecule has 0 amide bonds. The third-order valence-corrected chi connectivity index (χ3v) is 0. The zero-order valence-corrected chi connectivity index (χ0v) is 21.9. The minimum Gasteiger partial charge on any atom is -2.00 e.